The number of ketones is 1. The van der Waals surface area contributed by atoms with E-state index in [4.69, 9.17) is 5.73 Å². The summed E-state index contributed by atoms with van der Waals surface area (Å²) in [5, 5.41) is 0. The van der Waals surface area contributed by atoms with Gasteiger partial charge in [0.1, 0.15) is 17.1 Å². The first-order valence-electron chi connectivity index (χ1n) is 6.65. The molecule has 1 aromatic rings. The van der Waals surface area contributed by atoms with Crippen LogP contribution in [0.2, 0.25) is 0 Å². The van der Waals surface area contributed by atoms with Crippen LogP contribution < -0.4 is 5.73 Å². The van der Waals surface area contributed by atoms with E-state index in [1.165, 1.54) is 39.1 Å². The minimum Gasteiger partial charge on any atom is -0.369 e. The monoisotopic (exact) mass is 327 g/mol. The fourth-order valence-corrected chi connectivity index (χ4v) is 3.92. The quantitative estimate of drug-likeness (QED) is 0.887. The van der Waals surface area contributed by atoms with Gasteiger partial charge in [0.05, 0.1) is 5.75 Å². The molecule has 1 aliphatic heterocycles. The normalized spacial score (nSPS) is 24.0. The standard InChI is InChI=1S/C14H18FN3O3S/c1-9(19)6-10-4-5-12(15)11(7-10)14(2)8-22(20,21)18(3)13(16)17-14/h4-5,7H,6,8H2,1-3H3,(H2,16,17)/t14-/m0/s1. The SMILES string of the molecule is CC(=O)Cc1ccc(F)c([C@]2(C)CS(=O)(=O)N(C)C(N)=N2)c1. The maximum atomic E-state index is 14.2. The molecule has 1 atom stereocenters. The zero-order valence-corrected chi connectivity index (χ0v) is 13.4. The number of hydrogen-bond acceptors (Lipinski definition) is 5. The number of sulfonamides is 1. The third-order valence-corrected chi connectivity index (χ3v) is 5.58. The molecule has 0 radical (unpaired) electrons. The second-order valence-electron chi connectivity index (χ2n) is 5.66. The van der Waals surface area contributed by atoms with Crippen molar-refractivity contribution in [3.63, 3.8) is 0 Å². The number of carbonyl (C=O) groups is 1. The van der Waals surface area contributed by atoms with Crippen LogP contribution in [0.1, 0.15) is 25.0 Å². The number of benzene rings is 1. The van der Waals surface area contributed by atoms with Gasteiger partial charge in [-0.05, 0) is 31.5 Å². The Balaban J connectivity index is 2.57. The number of rotatable bonds is 3. The van der Waals surface area contributed by atoms with E-state index in [0.29, 0.717) is 5.56 Å². The van der Waals surface area contributed by atoms with Crippen LogP contribution in [-0.2, 0) is 26.8 Å². The first-order chi connectivity index (χ1) is 10.0. The summed E-state index contributed by atoms with van der Waals surface area (Å²) in [6.07, 6.45) is 0.148. The minimum atomic E-state index is -3.68. The van der Waals surface area contributed by atoms with E-state index in [-0.39, 0.29) is 23.7 Å². The van der Waals surface area contributed by atoms with Gasteiger partial charge in [-0.2, -0.15) is 0 Å². The number of carbonyl (C=O) groups excluding carboxylic acids is 1. The highest BCUT2D eigenvalue weighted by molar-refractivity contribution is 7.89. The van der Waals surface area contributed by atoms with Crippen molar-refractivity contribution in [1.29, 1.82) is 0 Å². The van der Waals surface area contributed by atoms with Crippen LogP contribution in [0.3, 0.4) is 0 Å². The predicted octanol–water partition coefficient (Wildman–Crippen LogP) is 0.762. The summed E-state index contributed by atoms with van der Waals surface area (Å²) >= 11 is 0. The number of aliphatic imine (C=N–C) groups is 1. The number of hydrogen-bond donors (Lipinski definition) is 1. The van der Waals surface area contributed by atoms with E-state index in [1.54, 1.807) is 0 Å². The van der Waals surface area contributed by atoms with E-state index in [0.717, 1.165) is 4.31 Å². The van der Waals surface area contributed by atoms with E-state index >= 15 is 0 Å². The Morgan fingerprint density at radius 1 is 1.50 bits per heavy atom. The molecule has 0 saturated carbocycles. The molecule has 1 aromatic carbocycles. The van der Waals surface area contributed by atoms with Gasteiger partial charge in [0.15, 0.2) is 0 Å². The molecular weight excluding hydrogens is 309 g/mol. The zero-order chi connectivity index (χ0) is 16.7. The largest absolute Gasteiger partial charge is 0.369 e. The van der Waals surface area contributed by atoms with Crippen LogP contribution in [0.4, 0.5) is 4.39 Å². The molecule has 0 spiro atoms. The smallest absolute Gasteiger partial charge is 0.239 e. The Hall–Kier alpha value is -1.96. The summed E-state index contributed by atoms with van der Waals surface area (Å²) < 4.78 is 39.4. The topological polar surface area (TPSA) is 92.8 Å². The summed E-state index contributed by atoms with van der Waals surface area (Å²) in [7, 11) is -2.37. The van der Waals surface area contributed by atoms with Crippen LogP contribution in [0, 0.1) is 5.82 Å². The summed E-state index contributed by atoms with van der Waals surface area (Å²) in [5.41, 5.74) is 5.05. The molecule has 0 unspecified atom stereocenters. The highest BCUT2D eigenvalue weighted by Gasteiger charge is 2.41. The lowest BCUT2D eigenvalue weighted by Crippen LogP contribution is -2.50. The number of nitrogens with two attached hydrogens (primary N) is 1. The third-order valence-electron chi connectivity index (χ3n) is 3.63. The van der Waals surface area contributed by atoms with Gasteiger partial charge in [0, 0.05) is 19.0 Å². The lowest BCUT2D eigenvalue weighted by molar-refractivity contribution is -0.116. The molecule has 0 bridgehead atoms. The molecule has 2 N–H and O–H groups in total. The van der Waals surface area contributed by atoms with Gasteiger partial charge in [-0.15, -0.1) is 0 Å². The van der Waals surface area contributed by atoms with Crippen molar-refractivity contribution in [2.45, 2.75) is 25.8 Å². The summed E-state index contributed by atoms with van der Waals surface area (Å²) in [4.78, 5) is 15.4. The van der Waals surface area contributed by atoms with Crippen molar-refractivity contribution in [1.82, 2.24) is 4.31 Å². The van der Waals surface area contributed by atoms with Crippen molar-refractivity contribution in [3.05, 3.63) is 35.1 Å². The number of nitrogens with zero attached hydrogens (tertiary/aromatic N) is 2. The van der Waals surface area contributed by atoms with Gasteiger partial charge in [0.2, 0.25) is 16.0 Å². The van der Waals surface area contributed by atoms with Crippen LogP contribution in [0.15, 0.2) is 23.2 Å². The van der Waals surface area contributed by atoms with E-state index < -0.39 is 27.1 Å². The molecule has 0 saturated heterocycles. The highest BCUT2D eigenvalue weighted by atomic mass is 32.2. The van der Waals surface area contributed by atoms with Gasteiger partial charge in [-0.3, -0.25) is 4.79 Å². The van der Waals surface area contributed by atoms with Crippen molar-refractivity contribution >= 4 is 21.8 Å². The molecular formula is C14H18FN3O3S. The van der Waals surface area contributed by atoms with Crippen LogP contribution in [0.25, 0.3) is 0 Å². The van der Waals surface area contributed by atoms with Crippen molar-refractivity contribution in [3.8, 4) is 0 Å². The van der Waals surface area contributed by atoms with E-state index in [9.17, 15) is 17.6 Å². The minimum absolute atomic E-state index is 0.0678. The van der Waals surface area contributed by atoms with Gasteiger partial charge < -0.3 is 5.73 Å². The molecule has 8 heteroatoms. The predicted molar refractivity (Wildman–Crippen MR) is 81.3 cm³/mol. The van der Waals surface area contributed by atoms with E-state index in [1.807, 2.05) is 0 Å². The molecule has 1 heterocycles. The molecule has 0 amide bonds. The van der Waals surface area contributed by atoms with E-state index in [2.05, 4.69) is 4.99 Å². The summed E-state index contributed by atoms with van der Waals surface area (Å²) in [5.74, 6) is -1.23. The summed E-state index contributed by atoms with van der Waals surface area (Å²) in [6, 6.07) is 4.20. The van der Waals surface area contributed by atoms with Gasteiger partial charge >= 0.3 is 0 Å². The Bertz CT molecular complexity index is 761. The van der Waals surface area contributed by atoms with Crippen LogP contribution in [0.5, 0.6) is 0 Å². The Labute approximate surface area is 128 Å². The molecule has 1 aliphatic rings. The highest BCUT2D eigenvalue weighted by Crippen LogP contribution is 2.33. The van der Waals surface area contributed by atoms with Crippen LogP contribution >= 0.6 is 0 Å². The fourth-order valence-electron chi connectivity index (χ4n) is 2.47. The molecule has 2 rings (SSSR count). The molecule has 0 aromatic heterocycles. The maximum absolute atomic E-state index is 14.2. The first kappa shape index (κ1) is 16.4. The average Bonchev–Trinajstić information content (AvgIpc) is 2.37. The van der Waals surface area contributed by atoms with Crippen molar-refractivity contribution < 1.29 is 17.6 Å². The second kappa shape index (κ2) is 5.35. The number of Topliss-reactive ketones (excluding diaryl/α,β-unsaturated/α-hetero) is 1. The molecule has 6 nitrogen and oxygen atoms in total. The molecule has 0 aliphatic carbocycles. The fraction of sp³-hybridized carbons (Fsp3) is 0.429. The second-order valence-corrected chi connectivity index (χ2v) is 7.66. The lowest BCUT2D eigenvalue weighted by atomic mass is 9.91. The van der Waals surface area contributed by atoms with Gasteiger partial charge in [0.25, 0.3) is 0 Å². The zero-order valence-electron chi connectivity index (χ0n) is 12.6. The van der Waals surface area contributed by atoms with Crippen LogP contribution in [-0.4, -0.2) is 37.3 Å². The third kappa shape index (κ3) is 2.96. The average molecular weight is 327 g/mol. The summed E-state index contributed by atoms with van der Waals surface area (Å²) in [6.45, 7) is 2.95. The lowest BCUT2D eigenvalue weighted by Gasteiger charge is -2.34. The molecule has 0 fully saturated rings. The first-order valence-corrected chi connectivity index (χ1v) is 8.26. The maximum Gasteiger partial charge on any atom is 0.239 e. The molecule has 22 heavy (non-hydrogen) atoms. The Morgan fingerprint density at radius 2 is 2.14 bits per heavy atom. The Morgan fingerprint density at radius 3 is 2.68 bits per heavy atom. The van der Waals surface area contributed by atoms with Gasteiger partial charge in [-0.25, -0.2) is 22.1 Å². The number of halogens is 1. The number of guanidine groups is 1. The Kier molecular flexibility index (Phi) is 3.99. The van der Waals surface area contributed by atoms with Gasteiger partial charge in [-0.1, -0.05) is 6.07 Å². The van der Waals surface area contributed by atoms with Crippen molar-refractivity contribution in [2.24, 2.45) is 10.7 Å². The van der Waals surface area contributed by atoms with Crippen molar-refractivity contribution in [2.75, 3.05) is 12.8 Å². The molecule has 120 valence electrons.